The maximum absolute atomic E-state index is 5.62. The van der Waals surface area contributed by atoms with Crippen molar-refractivity contribution < 1.29 is 14.0 Å². The van der Waals surface area contributed by atoms with E-state index in [1.807, 2.05) is 25.1 Å². The van der Waals surface area contributed by atoms with Crippen LogP contribution in [0, 0.1) is 0 Å². The smallest absolute Gasteiger partial charge is 0.483 e. The highest BCUT2D eigenvalue weighted by atomic mass is 16.7. The highest BCUT2D eigenvalue weighted by molar-refractivity contribution is 6.39. The first-order chi connectivity index (χ1) is 9.65. The molecule has 8 heteroatoms. The molecular weight excluding hydrogens is 259 g/mol. The fourth-order valence-electron chi connectivity index (χ4n) is 1.56. The molecule has 1 aliphatic heterocycles. The lowest BCUT2D eigenvalue weighted by Crippen LogP contribution is -2.40. The molecule has 2 N–H and O–H groups in total. The predicted molar refractivity (Wildman–Crippen MR) is 76.0 cm³/mol. The number of amidine groups is 1. The first-order valence-corrected chi connectivity index (χ1v) is 6.38. The Hall–Kier alpha value is -1.93. The summed E-state index contributed by atoms with van der Waals surface area (Å²) in [6, 6.07) is 5.42. The van der Waals surface area contributed by atoms with Gasteiger partial charge in [-0.15, -0.1) is 5.10 Å². The van der Waals surface area contributed by atoms with Crippen molar-refractivity contribution in [2.45, 2.75) is 26.4 Å². The molecule has 1 aliphatic rings. The molecule has 20 heavy (non-hydrogen) atoms. The summed E-state index contributed by atoms with van der Waals surface area (Å²) < 4.78 is 15.8. The number of aromatic nitrogens is 1. The van der Waals surface area contributed by atoms with E-state index in [0.717, 1.165) is 12.1 Å². The van der Waals surface area contributed by atoms with Crippen LogP contribution in [0.5, 0.6) is 0 Å². The molecule has 2 heterocycles. The van der Waals surface area contributed by atoms with E-state index in [1.165, 1.54) is 0 Å². The molecule has 2 rings (SSSR count). The van der Waals surface area contributed by atoms with Gasteiger partial charge in [0.15, 0.2) is 0 Å². The third-order valence-corrected chi connectivity index (χ3v) is 2.67. The molecule has 1 aromatic heterocycles. The highest BCUT2D eigenvalue weighted by Crippen LogP contribution is 2.09. The first kappa shape index (κ1) is 14.5. The Kier molecular flexibility index (Phi) is 5.08. The van der Waals surface area contributed by atoms with Crippen molar-refractivity contribution in [2.75, 3.05) is 6.61 Å². The zero-order valence-electron chi connectivity index (χ0n) is 11.5. The molecule has 0 amide bonds. The van der Waals surface area contributed by atoms with Gasteiger partial charge in [0.25, 0.3) is 6.02 Å². The second kappa shape index (κ2) is 7.02. The van der Waals surface area contributed by atoms with Crippen LogP contribution in [-0.2, 0) is 14.0 Å². The summed E-state index contributed by atoms with van der Waals surface area (Å²) in [5.74, 6) is 0. The van der Waals surface area contributed by atoms with E-state index in [9.17, 15) is 0 Å². The van der Waals surface area contributed by atoms with Crippen molar-refractivity contribution in [3.05, 3.63) is 30.1 Å². The summed E-state index contributed by atoms with van der Waals surface area (Å²) >= 11 is 0. The standard InChI is InChI=1S/C12H17BN4O3/c1-9-6-8-18-13(19-9)20-12(14)17-16-10(2)11-5-3-4-7-15-11/h3-5,7,9H,6,8H2,1-2H3,(H2,14,17)/b16-10-. The van der Waals surface area contributed by atoms with Crippen LogP contribution in [0.2, 0.25) is 0 Å². The topological polar surface area (TPSA) is 91.3 Å². The first-order valence-electron chi connectivity index (χ1n) is 6.38. The molecule has 0 aliphatic carbocycles. The van der Waals surface area contributed by atoms with Gasteiger partial charge in [0.1, 0.15) is 0 Å². The van der Waals surface area contributed by atoms with Crippen LogP contribution >= 0.6 is 0 Å². The lowest BCUT2D eigenvalue weighted by atomic mass is 10.1. The van der Waals surface area contributed by atoms with E-state index < -0.39 is 7.32 Å². The maximum atomic E-state index is 5.62. The van der Waals surface area contributed by atoms with Crippen molar-refractivity contribution in [2.24, 2.45) is 15.9 Å². The number of nitrogens with zero attached hydrogens (tertiary/aromatic N) is 3. The summed E-state index contributed by atoms with van der Waals surface area (Å²) in [7, 11) is -0.826. The lowest BCUT2D eigenvalue weighted by Gasteiger charge is -2.23. The Labute approximate surface area is 118 Å². The van der Waals surface area contributed by atoms with Gasteiger partial charge in [0.05, 0.1) is 11.4 Å². The normalized spacial score (nSPS) is 20.9. The number of nitrogens with two attached hydrogens (primary N) is 1. The zero-order valence-corrected chi connectivity index (χ0v) is 11.5. The van der Waals surface area contributed by atoms with Gasteiger partial charge in [0.2, 0.25) is 0 Å². The van der Waals surface area contributed by atoms with Crippen LogP contribution in [-0.4, -0.2) is 36.7 Å². The Morgan fingerprint density at radius 1 is 1.50 bits per heavy atom. The summed E-state index contributed by atoms with van der Waals surface area (Å²) in [6.07, 6.45) is 2.58. The minimum absolute atomic E-state index is 0.0697. The van der Waals surface area contributed by atoms with Gasteiger partial charge in [-0.3, -0.25) is 4.98 Å². The minimum atomic E-state index is -0.826. The molecule has 1 aromatic rings. The van der Waals surface area contributed by atoms with Gasteiger partial charge < -0.3 is 19.7 Å². The Morgan fingerprint density at radius 3 is 3.05 bits per heavy atom. The van der Waals surface area contributed by atoms with Gasteiger partial charge in [-0.1, -0.05) is 11.2 Å². The molecule has 7 nitrogen and oxygen atoms in total. The molecule has 1 saturated heterocycles. The van der Waals surface area contributed by atoms with E-state index in [4.69, 9.17) is 19.7 Å². The number of rotatable bonds is 3. The SMILES string of the molecule is C/C(=N/N=C(/N)OB1OCCC(C)O1)c1ccccn1. The summed E-state index contributed by atoms with van der Waals surface area (Å²) in [6.45, 7) is 4.29. The molecule has 0 bridgehead atoms. The third kappa shape index (κ3) is 4.32. The summed E-state index contributed by atoms with van der Waals surface area (Å²) in [5.41, 5.74) is 6.98. The molecule has 1 atom stereocenters. The van der Waals surface area contributed by atoms with E-state index in [-0.39, 0.29) is 12.1 Å². The Balaban J connectivity index is 1.93. The molecule has 1 unspecified atom stereocenters. The van der Waals surface area contributed by atoms with Crippen molar-refractivity contribution in [1.82, 2.24) is 4.98 Å². The lowest BCUT2D eigenvalue weighted by molar-refractivity contribution is 0.0388. The molecule has 1 fully saturated rings. The summed E-state index contributed by atoms with van der Waals surface area (Å²) in [4.78, 5) is 4.15. The molecular formula is C12H17BN4O3. The van der Waals surface area contributed by atoms with Crippen molar-refractivity contribution in [3.8, 4) is 0 Å². The monoisotopic (exact) mass is 276 g/mol. The van der Waals surface area contributed by atoms with Gasteiger partial charge in [-0.05, 0) is 32.4 Å². The average molecular weight is 276 g/mol. The summed E-state index contributed by atoms with van der Waals surface area (Å²) in [5, 5.41) is 7.74. The second-order valence-corrected chi connectivity index (χ2v) is 4.35. The molecule has 0 spiro atoms. The van der Waals surface area contributed by atoms with E-state index >= 15 is 0 Å². The quantitative estimate of drug-likeness (QED) is 0.384. The van der Waals surface area contributed by atoms with E-state index in [1.54, 1.807) is 13.1 Å². The van der Waals surface area contributed by atoms with Gasteiger partial charge >= 0.3 is 7.32 Å². The highest BCUT2D eigenvalue weighted by Gasteiger charge is 2.31. The van der Waals surface area contributed by atoms with Crippen molar-refractivity contribution >= 4 is 19.1 Å². The van der Waals surface area contributed by atoms with Gasteiger partial charge in [-0.25, -0.2) is 0 Å². The Bertz CT molecular complexity index is 495. The zero-order chi connectivity index (χ0) is 14.4. The van der Waals surface area contributed by atoms with E-state index in [2.05, 4.69) is 15.2 Å². The van der Waals surface area contributed by atoms with Crippen LogP contribution < -0.4 is 5.73 Å². The van der Waals surface area contributed by atoms with Crippen molar-refractivity contribution in [3.63, 3.8) is 0 Å². The van der Waals surface area contributed by atoms with Crippen LogP contribution in [0.1, 0.15) is 26.0 Å². The van der Waals surface area contributed by atoms with Crippen LogP contribution in [0.15, 0.2) is 34.6 Å². The maximum Gasteiger partial charge on any atom is 0.715 e. The largest absolute Gasteiger partial charge is 0.715 e. The second-order valence-electron chi connectivity index (χ2n) is 4.35. The molecule has 0 saturated carbocycles. The molecule has 0 radical (unpaired) electrons. The fourth-order valence-corrected chi connectivity index (χ4v) is 1.56. The number of pyridine rings is 1. The average Bonchev–Trinajstić information content (AvgIpc) is 2.46. The van der Waals surface area contributed by atoms with Crippen LogP contribution in [0.4, 0.5) is 0 Å². The van der Waals surface area contributed by atoms with Crippen LogP contribution in [0.3, 0.4) is 0 Å². The van der Waals surface area contributed by atoms with Gasteiger partial charge in [0, 0.05) is 18.9 Å². The minimum Gasteiger partial charge on any atom is -0.483 e. The fraction of sp³-hybridized carbons (Fsp3) is 0.417. The molecule has 106 valence electrons. The molecule has 0 aromatic carbocycles. The van der Waals surface area contributed by atoms with E-state index in [0.29, 0.717) is 12.3 Å². The predicted octanol–water partition coefficient (Wildman–Crippen LogP) is 0.947. The van der Waals surface area contributed by atoms with Crippen LogP contribution in [0.25, 0.3) is 0 Å². The van der Waals surface area contributed by atoms with Gasteiger partial charge in [-0.2, -0.15) is 0 Å². The third-order valence-electron chi connectivity index (χ3n) is 2.67. The number of hydrogen-bond donors (Lipinski definition) is 1. The number of hydrogen-bond acceptors (Lipinski definition) is 6. The Morgan fingerprint density at radius 2 is 2.35 bits per heavy atom. The van der Waals surface area contributed by atoms with Crippen molar-refractivity contribution in [1.29, 1.82) is 0 Å².